The summed E-state index contributed by atoms with van der Waals surface area (Å²) in [5.74, 6) is 0. The zero-order valence-corrected chi connectivity index (χ0v) is 10.9. The summed E-state index contributed by atoms with van der Waals surface area (Å²) >= 11 is 3.22. The van der Waals surface area contributed by atoms with Gasteiger partial charge in [-0.05, 0) is 41.9 Å². The average Bonchev–Trinajstić information content (AvgIpc) is 2.25. The van der Waals surface area contributed by atoms with Crippen molar-refractivity contribution in [3.05, 3.63) is 34.6 Å². The second-order valence-electron chi connectivity index (χ2n) is 3.47. The number of aromatic nitrogens is 1. The Morgan fingerprint density at radius 3 is 2.53 bits per heavy atom. The highest BCUT2D eigenvalue weighted by atomic mass is 79.9. The molecule has 6 heteroatoms. The number of rotatable bonds is 3. The van der Waals surface area contributed by atoms with Crippen LogP contribution in [0.15, 0.2) is 28.9 Å². The molecule has 1 aromatic rings. The van der Waals surface area contributed by atoms with Gasteiger partial charge in [0.25, 0.3) is 0 Å². The van der Waals surface area contributed by atoms with Gasteiger partial charge in [0.1, 0.15) is 6.04 Å². The van der Waals surface area contributed by atoms with Crippen molar-refractivity contribution >= 4 is 21.6 Å². The quantitative estimate of drug-likeness (QED) is 0.920. The molecule has 0 aromatic carbocycles. The van der Waals surface area contributed by atoms with E-state index in [2.05, 4.69) is 26.2 Å². The maximum absolute atomic E-state index is 12.4. The molecule has 1 N–H and O–H groups in total. The van der Waals surface area contributed by atoms with Crippen molar-refractivity contribution in [2.45, 2.75) is 26.1 Å². The number of hydrogen-bond acceptors (Lipinski definition) is 2. The first-order valence-corrected chi connectivity index (χ1v) is 5.75. The fraction of sp³-hybridized carbons (Fsp3) is 0.364. The number of hydrogen-bond donors (Lipinski definition) is 1. The third kappa shape index (κ3) is 4.03. The van der Waals surface area contributed by atoms with Gasteiger partial charge in [0.15, 0.2) is 0 Å². The van der Waals surface area contributed by atoms with E-state index in [9.17, 15) is 13.2 Å². The Morgan fingerprint density at radius 1 is 1.47 bits per heavy atom. The first-order valence-electron chi connectivity index (χ1n) is 4.96. The molecular formula is C11H12BrF3N2. The van der Waals surface area contributed by atoms with Crippen LogP contribution in [0.4, 0.5) is 13.2 Å². The van der Waals surface area contributed by atoms with Crippen LogP contribution in [0.2, 0.25) is 0 Å². The zero-order chi connectivity index (χ0) is 13.1. The molecule has 1 rings (SSSR count). The average molecular weight is 309 g/mol. The molecule has 0 amide bonds. The van der Waals surface area contributed by atoms with Crippen molar-refractivity contribution in [2.75, 3.05) is 0 Å². The maximum atomic E-state index is 12.4. The zero-order valence-electron chi connectivity index (χ0n) is 9.35. The number of halogens is 4. The van der Waals surface area contributed by atoms with E-state index in [1.54, 1.807) is 31.3 Å². The van der Waals surface area contributed by atoms with Crippen LogP contribution in [0, 0.1) is 0 Å². The first kappa shape index (κ1) is 14.0. The van der Waals surface area contributed by atoms with Gasteiger partial charge in [-0.3, -0.25) is 4.98 Å². The highest BCUT2D eigenvalue weighted by Crippen LogP contribution is 2.22. The normalized spacial score (nSPS) is 14.6. The molecule has 0 radical (unpaired) electrons. The van der Waals surface area contributed by atoms with Gasteiger partial charge in [-0.25, -0.2) is 0 Å². The van der Waals surface area contributed by atoms with Crippen LogP contribution in [-0.2, 0) is 0 Å². The molecular weight excluding hydrogens is 297 g/mol. The summed E-state index contributed by atoms with van der Waals surface area (Å²) in [4.78, 5) is 4.04. The summed E-state index contributed by atoms with van der Waals surface area (Å²) in [7, 11) is 0. The smallest absolute Gasteiger partial charge is 0.373 e. The second kappa shape index (κ2) is 5.53. The molecule has 17 heavy (non-hydrogen) atoms. The number of pyridine rings is 1. The number of allylic oxidation sites excluding steroid dienone is 1. The number of alkyl halides is 3. The fourth-order valence-corrected chi connectivity index (χ4v) is 1.39. The SMILES string of the molecule is CC=C(NC(C)C(F)(F)F)c1ccc(Br)cn1. The Labute approximate surface area is 106 Å². The van der Waals surface area contributed by atoms with Crippen LogP contribution < -0.4 is 5.32 Å². The Morgan fingerprint density at radius 2 is 2.12 bits per heavy atom. The van der Waals surface area contributed by atoms with E-state index in [0.29, 0.717) is 11.4 Å². The summed E-state index contributed by atoms with van der Waals surface area (Å²) < 4.78 is 38.0. The number of nitrogens with zero attached hydrogens (tertiary/aromatic N) is 1. The maximum Gasteiger partial charge on any atom is 0.408 e. The fourth-order valence-electron chi connectivity index (χ4n) is 1.16. The van der Waals surface area contributed by atoms with Crippen LogP contribution in [0.1, 0.15) is 19.5 Å². The van der Waals surface area contributed by atoms with Gasteiger partial charge < -0.3 is 5.32 Å². The van der Waals surface area contributed by atoms with E-state index in [0.717, 1.165) is 11.4 Å². The molecule has 0 aliphatic rings. The molecule has 1 atom stereocenters. The molecule has 2 nitrogen and oxygen atoms in total. The van der Waals surface area contributed by atoms with Crippen molar-refractivity contribution in [3.63, 3.8) is 0 Å². The minimum atomic E-state index is -4.27. The van der Waals surface area contributed by atoms with Crippen molar-refractivity contribution in [1.82, 2.24) is 10.3 Å². The predicted octanol–water partition coefficient (Wildman–Crippen LogP) is 3.75. The minimum absolute atomic E-state index is 0.363. The summed E-state index contributed by atoms with van der Waals surface area (Å²) in [6, 6.07) is 1.76. The molecule has 94 valence electrons. The van der Waals surface area contributed by atoms with Crippen LogP contribution >= 0.6 is 15.9 Å². The largest absolute Gasteiger partial charge is 0.408 e. The van der Waals surface area contributed by atoms with Crippen molar-refractivity contribution < 1.29 is 13.2 Å². The molecule has 0 saturated heterocycles. The Bertz CT molecular complexity index is 398. The Kier molecular flexibility index (Phi) is 4.56. The third-order valence-electron chi connectivity index (χ3n) is 2.16. The Hall–Kier alpha value is -1.04. The van der Waals surface area contributed by atoms with Crippen LogP contribution in [-0.4, -0.2) is 17.2 Å². The molecule has 0 aliphatic carbocycles. The first-order chi connectivity index (χ1) is 7.84. The van der Waals surface area contributed by atoms with E-state index in [1.165, 1.54) is 0 Å². The summed E-state index contributed by atoms with van der Waals surface area (Å²) in [6.07, 6.45) is -1.17. The highest BCUT2D eigenvalue weighted by molar-refractivity contribution is 9.10. The topological polar surface area (TPSA) is 24.9 Å². The monoisotopic (exact) mass is 308 g/mol. The van der Waals surface area contributed by atoms with Crippen molar-refractivity contribution in [1.29, 1.82) is 0 Å². The van der Waals surface area contributed by atoms with Gasteiger partial charge in [-0.15, -0.1) is 0 Å². The van der Waals surface area contributed by atoms with E-state index in [1.807, 2.05) is 0 Å². The molecule has 1 aromatic heterocycles. The van der Waals surface area contributed by atoms with Gasteiger partial charge in [0.05, 0.1) is 11.4 Å². The predicted molar refractivity (Wildman–Crippen MR) is 64.2 cm³/mol. The lowest BCUT2D eigenvalue weighted by Gasteiger charge is -2.20. The van der Waals surface area contributed by atoms with Crippen LogP contribution in [0.25, 0.3) is 5.70 Å². The van der Waals surface area contributed by atoms with Crippen LogP contribution in [0.5, 0.6) is 0 Å². The van der Waals surface area contributed by atoms with Crippen LogP contribution in [0.3, 0.4) is 0 Å². The van der Waals surface area contributed by atoms with Gasteiger partial charge in [0.2, 0.25) is 0 Å². The lowest BCUT2D eigenvalue weighted by molar-refractivity contribution is -0.148. The van der Waals surface area contributed by atoms with Gasteiger partial charge in [0, 0.05) is 10.7 Å². The van der Waals surface area contributed by atoms with Gasteiger partial charge in [-0.2, -0.15) is 13.2 Å². The molecule has 0 bridgehead atoms. The van der Waals surface area contributed by atoms with Gasteiger partial charge >= 0.3 is 6.18 Å². The van der Waals surface area contributed by atoms with E-state index in [-0.39, 0.29) is 0 Å². The third-order valence-corrected chi connectivity index (χ3v) is 2.62. The van der Waals surface area contributed by atoms with E-state index < -0.39 is 12.2 Å². The lowest BCUT2D eigenvalue weighted by atomic mass is 10.2. The molecule has 1 unspecified atom stereocenters. The lowest BCUT2D eigenvalue weighted by Crippen LogP contribution is -2.38. The number of nitrogens with one attached hydrogen (secondary N) is 1. The van der Waals surface area contributed by atoms with Gasteiger partial charge in [-0.1, -0.05) is 6.08 Å². The summed E-state index contributed by atoms with van der Waals surface area (Å²) in [5, 5.41) is 2.40. The molecule has 0 spiro atoms. The van der Waals surface area contributed by atoms with Crippen molar-refractivity contribution in [3.8, 4) is 0 Å². The van der Waals surface area contributed by atoms with E-state index in [4.69, 9.17) is 0 Å². The molecule has 0 fully saturated rings. The Balaban J connectivity index is 2.84. The molecule has 0 saturated carbocycles. The molecule has 1 heterocycles. The highest BCUT2D eigenvalue weighted by Gasteiger charge is 2.36. The summed E-state index contributed by atoms with van der Waals surface area (Å²) in [5.41, 5.74) is 0.842. The minimum Gasteiger partial charge on any atom is -0.373 e. The second-order valence-corrected chi connectivity index (χ2v) is 4.39. The van der Waals surface area contributed by atoms with E-state index >= 15 is 0 Å². The molecule has 0 aliphatic heterocycles. The van der Waals surface area contributed by atoms with Crippen molar-refractivity contribution in [2.24, 2.45) is 0 Å². The summed E-state index contributed by atoms with van der Waals surface area (Å²) in [6.45, 7) is 2.73. The standard InChI is InChI=1S/C11H12BrF3N2/c1-3-9(17-7(2)11(13,14)15)10-5-4-8(12)6-16-10/h3-7,17H,1-2H3.